The Morgan fingerprint density at radius 3 is 2.65 bits per heavy atom. The lowest BCUT2D eigenvalue weighted by atomic mass is 10.2. The predicted molar refractivity (Wildman–Crippen MR) is 77.5 cm³/mol. The van der Waals surface area contributed by atoms with Crippen molar-refractivity contribution in [1.82, 2.24) is 9.55 Å². The number of ether oxygens (including phenoxy) is 2. The maximum atomic E-state index is 12.3. The number of alkyl halides is 1. The Labute approximate surface area is 122 Å². The largest absolute Gasteiger partial charge is 0.497 e. The summed E-state index contributed by atoms with van der Waals surface area (Å²) < 4.78 is 11.9. The highest BCUT2D eigenvalue weighted by Crippen LogP contribution is 2.23. The number of carbonyl (C=O) groups excluding carboxylic acids is 1. The third kappa shape index (κ3) is 2.88. The Morgan fingerprint density at radius 2 is 2.10 bits per heavy atom. The number of nitrogens with zero attached hydrogens (tertiary/aromatic N) is 2. The summed E-state index contributed by atoms with van der Waals surface area (Å²) >= 11 is 5.87. The second-order valence-corrected chi connectivity index (χ2v) is 5.60. The van der Waals surface area contributed by atoms with E-state index in [1.54, 1.807) is 25.3 Å². The van der Waals surface area contributed by atoms with E-state index in [0.29, 0.717) is 22.6 Å². The van der Waals surface area contributed by atoms with Gasteiger partial charge in [-0.15, -0.1) is 11.6 Å². The normalized spacial score (nSPS) is 11.7. The molecule has 108 valence electrons. The molecule has 1 aromatic carbocycles. The van der Waals surface area contributed by atoms with Crippen LogP contribution in [-0.2, 0) is 10.6 Å². The Balaban J connectivity index is 2.53. The molecular formula is C14H17ClN2O3. The number of aromatic nitrogens is 2. The number of imidazole rings is 1. The van der Waals surface area contributed by atoms with Gasteiger partial charge in [0.1, 0.15) is 17.2 Å². The van der Waals surface area contributed by atoms with Crippen molar-refractivity contribution in [1.29, 1.82) is 0 Å². The maximum absolute atomic E-state index is 12.3. The van der Waals surface area contributed by atoms with Crippen molar-refractivity contribution < 1.29 is 14.3 Å². The van der Waals surface area contributed by atoms with Gasteiger partial charge in [-0.05, 0) is 32.9 Å². The van der Waals surface area contributed by atoms with Crippen LogP contribution < -0.4 is 4.74 Å². The number of methoxy groups -OCH3 is 1. The number of hydrogen-bond donors (Lipinski definition) is 0. The minimum Gasteiger partial charge on any atom is -0.497 e. The summed E-state index contributed by atoms with van der Waals surface area (Å²) in [5.41, 5.74) is 0.713. The molecule has 5 nitrogen and oxygen atoms in total. The van der Waals surface area contributed by atoms with Gasteiger partial charge < -0.3 is 9.47 Å². The molecule has 1 aromatic heterocycles. The molecule has 20 heavy (non-hydrogen) atoms. The van der Waals surface area contributed by atoms with Crippen LogP contribution in [0.4, 0.5) is 4.79 Å². The lowest BCUT2D eigenvalue weighted by molar-refractivity contribution is 0.0540. The molecule has 0 N–H and O–H groups in total. The van der Waals surface area contributed by atoms with Crippen LogP contribution in [0, 0.1) is 0 Å². The highest BCUT2D eigenvalue weighted by Gasteiger charge is 2.22. The van der Waals surface area contributed by atoms with Gasteiger partial charge in [0, 0.05) is 6.07 Å². The summed E-state index contributed by atoms with van der Waals surface area (Å²) in [6, 6.07) is 5.29. The van der Waals surface area contributed by atoms with E-state index in [0.717, 1.165) is 0 Å². The van der Waals surface area contributed by atoms with Gasteiger partial charge in [-0.2, -0.15) is 0 Å². The van der Waals surface area contributed by atoms with E-state index in [2.05, 4.69) is 4.98 Å². The fourth-order valence-electron chi connectivity index (χ4n) is 1.84. The Kier molecular flexibility index (Phi) is 3.90. The lowest BCUT2D eigenvalue weighted by Crippen LogP contribution is -2.28. The number of fused-ring (bicyclic) bond motifs is 1. The van der Waals surface area contributed by atoms with Gasteiger partial charge in [0.2, 0.25) is 0 Å². The van der Waals surface area contributed by atoms with E-state index in [1.807, 2.05) is 20.8 Å². The molecule has 0 amide bonds. The number of benzene rings is 1. The van der Waals surface area contributed by atoms with Gasteiger partial charge in [0.15, 0.2) is 0 Å². The zero-order valence-corrected chi connectivity index (χ0v) is 12.7. The first-order valence-electron chi connectivity index (χ1n) is 6.20. The smallest absolute Gasteiger partial charge is 0.420 e. The van der Waals surface area contributed by atoms with Crippen molar-refractivity contribution in [3.63, 3.8) is 0 Å². The molecular weight excluding hydrogens is 280 g/mol. The molecule has 0 spiro atoms. The maximum Gasteiger partial charge on any atom is 0.420 e. The molecule has 0 saturated carbocycles. The van der Waals surface area contributed by atoms with Gasteiger partial charge in [0.25, 0.3) is 0 Å². The van der Waals surface area contributed by atoms with Crippen LogP contribution >= 0.6 is 11.6 Å². The van der Waals surface area contributed by atoms with Crippen molar-refractivity contribution in [2.24, 2.45) is 0 Å². The predicted octanol–water partition coefficient (Wildman–Crippen LogP) is 3.57. The van der Waals surface area contributed by atoms with E-state index >= 15 is 0 Å². The van der Waals surface area contributed by atoms with Crippen LogP contribution in [0.2, 0.25) is 0 Å². The summed E-state index contributed by atoms with van der Waals surface area (Å²) in [5, 5.41) is 0. The average Bonchev–Trinajstić information content (AvgIpc) is 2.73. The Bertz CT molecular complexity index is 644. The molecule has 1 heterocycles. The molecule has 0 fully saturated rings. The Morgan fingerprint density at radius 1 is 1.40 bits per heavy atom. The molecule has 0 atom stereocenters. The summed E-state index contributed by atoms with van der Waals surface area (Å²) in [4.78, 5) is 16.6. The molecule has 0 aliphatic carbocycles. The number of rotatable bonds is 2. The monoisotopic (exact) mass is 296 g/mol. The Hall–Kier alpha value is -1.75. The zero-order valence-electron chi connectivity index (χ0n) is 11.9. The quantitative estimate of drug-likeness (QED) is 0.795. The van der Waals surface area contributed by atoms with Crippen LogP contribution in [0.3, 0.4) is 0 Å². The van der Waals surface area contributed by atoms with Crippen molar-refractivity contribution in [3.8, 4) is 5.75 Å². The first-order chi connectivity index (χ1) is 9.35. The second kappa shape index (κ2) is 5.32. The summed E-state index contributed by atoms with van der Waals surface area (Å²) in [7, 11) is 1.58. The first-order valence-corrected chi connectivity index (χ1v) is 6.74. The van der Waals surface area contributed by atoms with E-state index in [-0.39, 0.29) is 5.88 Å². The van der Waals surface area contributed by atoms with E-state index in [4.69, 9.17) is 21.1 Å². The number of hydrogen-bond acceptors (Lipinski definition) is 4. The molecule has 2 aromatic rings. The number of carbonyl (C=O) groups is 1. The molecule has 6 heteroatoms. The first kappa shape index (κ1) is 14.7. The highest BCUT2D eigenvalue weighted by atomic mass is 35.5. The lowest BCUT2D eigenvalue weighted by Gasteiger charge is -2.20. The molecule has 0 saturated heterocycles. The second-order valence-electron chi connectivity index (χ2n) is 5.33. The average molecular weight is 297 g/mol. The van der Waals surface area contributed by atoms with E-state index in [1.165, 1.54) is 4.57 Å². The van der Waals surface area contributed by atoms with Crippen LogP contribution in [0.15, 0.2) is 18.2 Å². The molecule has 2 rings (SSSR count). The van der Waals surface area contributed by atoms with Crippen LogP contribution in [0.1, 0.15) is 26.6 Å². The van der Waals surface area contributed by atoms with Crippen molar-refractivity contribution >= 4 is 28.7 Å². The molecule has 0 aliphatic heterocycles. The SMILES string of the molecule is COc1ccc2c(c1)nc(CCl)n2C(=O)OC(C)(C)C. The van der Waals surface area contributed by atoms with Crippen LogP contribution in [0.5, 0.6) is 5.75 Å². The minimum absolute atomic E-state index is 0.121. The standard InChI is InChI=1S/C14H17ClN2O3/c1-14(2,3)20-13(18)17-11-6-5-9(19-4)7-10(11)16-12(17)8-15/h5-7H,8H2,1-4H3. The van der Waals surface area contributed by atoms with Crippen LogP contribution in [0.25, 0.3) is 11.0 Å². The highest BCUT2D eigenvalue weighted by molar-refractivity contribution is 6.17. The van der Waals surface area contributed by atoms with Gasteiger partial charge >= 0.3 is 6.09 Å². The van der Waals surface area contributed by atoms with Gasteiger partial charge in [-0.3, -0.25) is 0 Å². The van der Waals surface area contributed by atoms with Crippen molar-refractivity contribution in [2.45, 2.75) is 32.3 Å². The third-order valence-corrected chi connectivity index (χ3v) is 2.87. The minimum atomic E-state index is -0.580. The third-order valence-electron chi connectivity index (χ3n) is 2.63. The van der Waals surface area contributed by atoms with Crippen molar-refractivity contribution in [3.05, 3.63) is 24.0 Å². The molecule has 0 aliphatic rings. The summed E-state index contributed by atoms with van der Waals surface area (Å²) in [6.07, 6.45) is -0.485. The summed E-state index contributed by atoms with van der Waals surface area (Å²) in [5.74, 6) is 1.24. The van der Waals surface area contributed by atoms with Gasteiger partial charge in [-0.1, -0.05) is 0 Å². The zero-order chi connectivity index (χ0) is 14.9. The summed E-state index contributed by atoms with van der Waals surface area (Å²) in [6.45, 7) is 5.44. The topological polar surface area (TPSA) is 53.4 Å². The van der Waals surface area contributed by atoms with Crippen LogP contribution in [-0.4, -0.2) is 28.4 Å². The molecule has 0 bridgehead atoms. The molecule has 0 radical (unpaired) electrons. The van der Waals surface area contributed by atoms with Gasteiger partial charge in [0.05, 0.1) is 24.0 Å². The van der Waals surface area contributed by atoms with Crippen molar-refractivity contribution in [2.75, 3.05) is 7.11 Å². The molecule has 0 unspecified atom stereocenters. The van der Waals surface area contributed by atoms with E-state index < -0.39 is 11.7 Å². The number of halogens is 1. The van der Waals surface area contributed by atoms with Gasteiger partial charge in [-0.25, -0.2) is 14.3 Å². The fourth-order valence-corrected chi connectivity index (χ4v) is 2.02. The fraction of sp³-hybridized carbons (Fsp3) is 0.429. The van der Waals surface area contributed by atoms with E-state index in [9.17, 15) is 4.79 Å².